The summed E-state index contributed by atoms with van der Waals surface area (Å²) in [7, 11) is 0. The SMILES string of the molecule is CCCCCC.[Al+3].[Al+3].[O-2].[O-2].[O-2]. The van der Waals surface area contributed by atoms with E-state index >= 15 is 0 Å². The third kappa shape index (κ3) is 56.3. The van der Waals surface area contributed by atoms with Gasteiger partial charge in [-0.2, -0.15) is 0 Å². The van der Waals surface area contributed by atoms with Gasteiger partial charge in [-0.1, -0.05) is 39.5 Å². The second-order valence-corrected chi connectivity index (χ2v) is 1.71. The van der Waals surface area contributed by atoms with Crippen molar-refractivity contribution in [1.82, 2.24) is 0 Å². The van der Waals surface area contributed by atoms with Gasteiger partial charge in [-0.25, -0.2) is 0 Å². The second kappa shape index (κ2) is 44.3. The van der Waals surface area contributed by atoms with Crippen molar-refractivity contribution in [3.8, 4) is 0 Å². The molecule has 0 aliphatic heterocycles. The van der Waals surface area contributed by atoms with Crippen LogP contribution < -0.4 is 0 Å². The first-order valence-electron chi connectivity index (χ1n) is 2.91. The zero-order valence-electron chi connectivity index (χ0n) is 7.21. The minimum atomic E-state index is 0. The van der Waals surface area contributed by atoms with Crippen molar-refractivity contribution in [2.24, 2.45) is 0 Å². The van der Waals surface area contributed by atoms with Gasteiger partial charge in [0.2, 0.25) is 0 Å². The average molecular weight is 188 g/mol. The standard InChI is InChI=1S/C6H14.2Al.3O/c1-3-5-6-4-2;;;;;/h3-6H2,1-2H3;;;;;/q;2*+3;3*-2. The molecule has 0 amide bonds. The van der Waals surface area contributed by atoms with Gasteiger partial charge in [0.15, 0.2) is 0 Å². The monoisotopic (exact) mass is 188 g/mol. The fourth-order valence-electron chi connectivity index (χ4n) is 0.500. The minimum absolute atomic E-state index is 0. The maximum Gasteiger partial charge on any atom is 3.00 e. The fourth-order valence-corrected chi connectivity index (χ4v) is 0.500. The van der Waals surface area contributed by atoms with Crippen LogP contribution in [0.1, 0.15) is 39.5 Å². The van der Waals surface area contributed by atoms with Crippen LogP contribution in [0.15, 0.2) is 0 Å². The third-order valence-electron chi connectivity index (χ3n) is 0.957. The van der Waals surface area contributed by atoms with Gasteiger partial charge in [0.1, 0.15) is 0 Å². The molecule has 0 aliphatic carbocycles. The molecule has 0 atom stereocenters. The predicted octanol–water partition coefficient (Wildman–Crippen LogP) is 1.47. The van der Waals surface area contributed by atoms with Crippen LogP contribution in [0.3, 0.4) is 0 Å². The molecule has 62 valence electrons. The quantitative estimate of drug-likeness (QED) is 0.474. The van der Waals surface area contributed by atoms with Crippen molar-refractivity contribution in [3.63, 3.8) is 0 Å². The largest absolute Gasteiger partial charge is 3.00 e. The van der Waals surface area contributed by atoms with Gasteiger partial charge in [0.25, 0.3) is 0 Å². The second-order valence-electron chi connectivity index (χ2n) is 1.71. The molecule has 0 aliphatic rings. The molecule has 0 heterocycles. The van der Waals surface area contributed by atoms with E-state index in [0.29, 0.717) is 0 Å². The van der Waals surface area contributed by atoms with E-state index in [-0.39, 0.29) is 51.2 Å². The van der Waals surface area contributed by atoms with E-state index in [9.17, 15) is 0 Å². The minimum Gasteiger partial charge on any atom is -2.00 e. The summed E-state index contributed by atoms with van der Waals surface area (Å²) in [5.74, 6) is 0. The maximum atomic E-state index is 2.23. The summed E-state index contributed by atoms with van der Waals surface area (Å²) in [5.41, 5.74) is 0. The summed E-state index contributed by atoms with van der Waals surface area (Å²) >= 11 is 0. The number of hydrogen-bond donors (Lipinski definition) is 0. The molecule has 5 heteroatoms. The van der Waals surface area contributed by atoms with E-state index in [2.05, 4.69) is 13.8 Å². The van der Waals surface area contributed by atoms with E-state index in [4.69, 9.17) is 0 Å². The Morgan fingerprint density at radius 3 is 0.909 bits per heavy atom. The molecular formula is C6H14Al2O3. The first kappa shape index (κ1) is 40.5. The van der Waals surface area contributed by atoms with Crippen LogP contribution in [0.2, 0.25) is 0 Å². The Morgan fingerprint density at radius 2 is 0.818 bits per heavy atom. The summed E-state index contributed by atoms with van der Waals surface area (Å²) in [4.78, 5) is 0. The number of rotatable bonds is 3. The average Bonchev–Trinajstić information content (AvgIpc) is 1.61. The van der Waals surface area contributed by atoms with Crippen LogP contribution in [-0.2, 0) is 16.4 Å². The van der Waals surface area contributed by atoms with Crippen molar-refractivity contribution in [2.75, 3.05) is 0 Å². The molecule has 0 saturated carbocycles. The zero-order chi connectivity index (χ0) is 4.83. The normalized spacial score (nSPS) is 4.91. The summed E-state index contributed by atoms with van der Waals surface area (Å²) in [5, 5.41) is 0. The van der Waals surface area contributed by atoms with Crippen LogP contribution >= 0.6 is 0 Å². The Kier molecular flexibility index (Phi) is 163. The Balaban J connectivity index is -0.0000000125. The Bertz CT molecular complexity index is 27.8. The number of unbranched alkanes of at least 4 members (excludes halogenated alkanes) is 3. The van der Waals surface area contributed by atoms with Crippen molar-refractivity contribution in [3.05, 3.63) is 0 Å². The smallest absolute Gasteiger partial charge is 2.00 e. The van der Waals surface area contributed by atoms with E-state index in [1.165, 1.54) is 25.7 Å². The van der Waals surface area contributed by atoms with E-state index in [0.717, 1.165) is 0 Å². The Morgan fingerprint density at radius 1 is 0.636 bits per heavy atom. The molecule has 0 aromatic rings. The molecule has 0 bridgehead atoms. The molecule has 0 radical (unpaired) electrons. The summed E-state index contributed by atoms with van der Waals surface area (Å²) in [6.45, 7) is 4.46. The predicted molar refractivity (Wildman–Crippen MR) is 43.4 cm³/mol. The van der Waals surface area contributed by atoms with Crippen LogP contribution in [0.25, 0.3) is 0 Å². The van der Waals surface area contributed by atoms with Gasteiger partial charge >= 0.3 is 34.7 Å². The van der Waals surface area contributed by atoms with Crippen LogP contribution in [-0.4, -0.2) is 34.7 Å². The molecule has 0 rings (SSSR count). The Labute approximate surface area is 90.8 Å². The molecule has 0 saturated heterocycles. The molecular weight excluding hydrogens is 174 g/mol. The Hall–Kier alpha value is 0.945. The first-order valence-corrected chi connectivity index (χ1v) is 2.91. The molecule has 0 unspecified atom stereocenters. The molecule has 0 fully saturated rings. The van der Waals surface area contributed by atoms with E-state index in [1.807, 2.05) is 0 Å². The van der Waals surface area contributed by atoms with Crippen LogP contribution in [0.5, 0.6) is 0 Å². The van der Waals surface area contributed by atoms with Gasteiger partial charge < -0.3 is 16.4 Å². The van der Waals surface area contributed by atoms with Crippen molar-refractivity contribution < 1.29 is 16.4 Å². The molecule has 3 nitrogen and oxygen atoms in total. The van der Waals surface area contributed by atoms with Gasteiger partial charge in [-0.15, -0.1) is 0 Å². The molecule has 0 aromatic carbocycles. The fraction of sp³-hybridized carbons (Fsp3) is 1.00. The topological polar surface area (TPSA) is 85.5 Å². The van der Waals surface area contributed by atoms with Gasteiger partial charge in [0.05, 0.1) is 0 Å². The van der Waals surface area contributed by atoms with Crippen molar-refractivity contribution >= 4 is 34.7 Å². The molecule has 11 heavy (non-hydrogen) atoms. The zero-order valence-corrected chi connectivity index (χ0v) is 9.52. The molecule has 0 aromatic heterocycles. The number of hydrogen-bond acceptors (Lipinski definition) is 0. The first-order chi connectivity index (χ1) is 2.91. The molecule has 0 spiro atoms. The molecule has 0 N–H and O–H groups in total. The summed E-state index contributed by atoms with van der Waals surface area (Å²) in [6.07, 6.45) is 5.54. The van der Waals surface area contributed by atoms with Gasteiger partial charge in [-0.05, 0) is 0 Å². The summed E-state index contributed by atoms with van der Waals surface area (Å²) < 4.78 is 0. The maximum absolute atomic E-state index is 2.23. The van der Waals surface area contributed by atoms with Gasteiger partial charge in [0, 0.05) is 0 Å². The van der Waals surface area contributed by atoms with Crippen molar-refractivity contribution in [1.29, 1.82) is 0 Å². The third-order valence-corrected chi connectivity index (χ3v) is 0.957. The van der Waals surface area contributed by atoms with Crippen molar-refractivity contribution in [2.45, 2.75) is 39.5 Å². The van der Waals surface area contributed by atoms with E-state index < -0.39 is 0 Å². The van der Waals surface area contributed by atoms with Gasteiger partial charge in [-0.3, -0.25) is 0 Å². The van der Waals surface area contributed by atoms with Crippen LogP contribution in [0.4, 0.5) is 0 Å². The summed E-state index contributed by atoms with van der Waals surface area (Å²) in [6, 6.07) is 0. The van der Waals surface area contributed by atoms with E-state index in [1.54, 1.807) is 0 Å². The van der Waals surface area contributed by atoms with Crippen LogP contribution in [0, 0.1) is 0 Å².